The number of likely N-dealkylation sites (tertiary alicyclic amines) is 1. The molecule has 5 heteroatoms. The Morgan fingerprint density at radius 1 is 0.963 bits per heavy atom. The van der Waals surface area contributed by atoms with Gasteiger partial charge in [-0.15, -0.1) is 0 Å². The maximum Gasteiger partial charge on any atom is 0.255 e. The Morgan fingerprint density at radius 2 is 1.63 bits per heavy atom. The van der Waals surface area contributed by atoms with E-state index in [0.29, 0.717) is 23.0 Å². The number of hydrogen-bond donors (Lipinski definition) is 3. The Kier molecular flexibility index (Phi) is 6.01. The Labute approximate surface area is 161 Å². The molecule has 1 saturated heterocycles. The molecule has 1 amide bonds. The summed E-state index contributed by atoms with van der Waals surface area (Å²) in [5.41, 5.74) is 8.79. The van der Waals surface area contributed by atoms with Crippen molar-refractivity contribution in [2.45, 2.75) is 45.2 Å². The predicted molar refractivity (Wildman–Crippen MR) is 113 cm³/mol. The molecule has 0 spiro atoms. The molecule has 0 unspecified atom stereocenters. The summed E-state index contributed by atoms with van der Waals surface area (Å²) in [4.78, 5) is 15.0. The molecule has 4 N–H and O–H groups in total. The molecule has 2 aromatic carbocycles. The lowest BCUT2D eigenvalue weighted by molar-refractivity contribution is 0.102. The number of nitrogens with one attached hydrogen (secondary N) is 2. The van der Waals surface area contributed by atoms with Crippen molar-refractivity contribution in [3.63, 3.8) is 0 Å². The second kappa shape index (κ2) is 8.44. The van der Waals surface area contributed by atoms with Crippen LogP contribution in [-0.2, 0) is 0 Å². The highest BCUT2D eigenvalue weighted by molar-refractivity contribution is 6.05. The topological polar surface area (TPSA) is 70.4 Å². The van der Waals surface area contributed by atoms with Gasteiger partial charge in [-0.3, -0.25) is 4.79 Å². The predicted octanol–water partition coefficient (Wildman–Crippen LogP) is 4.20. The van der Waals surface area contributed by atoms with Crippen LogP contribution in [0, 0.1) is 0 Å². The molecule has 2 aliphatic rings. The molecule has 5 nitrogen and oxygen atoms in total. The zero-order chi connectivity index (χ0) is 17.9. The SMILES string of the molecule is C.Nc1ccccc1NC(=O)c1ccc(NC2CCN(C3CC3)CC2)cc1. The van der Waals surface area contributed by atoms with E-state index in [1.807, 2.05) is 36.4 Å². The van der Waals surface area contributed by atoms with Gasteiger partial charge < -0.3 is 21.3 Å². The van der Waals surface area contributed by atoms with Gasteiger partial charge in [0.2, 0.25) is 0 Å². The number of carbonyl (C=O) groups is 1. The van der Waals surface area contributed by atoms with Crippen LogP contribution in [-0.4, -0.2) is 36.0 Å². The molecule has 0 atom stereocenters. The zero-order valence-corrected chi connectivity index (χ0v) is 14.9. The van der Waals surface area contributed by atoms with Crippen LogP contribution >= 0.6 is 0 Å². The van der Waals surface area contributed by atoms with Crippen molar-refractivity contribution >= 4 is 23.0 Å². The number of rotatable bonds is 5. The molecule has 0 radical (unpaired) electrons. The molecule has 1 aliphatic carbocycles. The molecule has 1 saturated carbocycles. The normalized spacial score (nSPS) is 17.8. The van der Waals surface area contributed by atoms with E-state index in [1.165, 1.54) is 38.8 Å². The third kappa shape index (κ3) is 4.80. The Hall–Kier alpha value is -2.53. The van der Waals surface area contributed by atoms with Gasteiger partial charge in [-0.25, -0.2) is 0 Å². The van der Waals surface area contributed by atoms with Gasteiger partial charge in [0.05, 0.1) is 11.4 Å². The molecule has 144 valence electrons. The van der Waals surface area contributed by atoms with Crippen LogP contribution in [0.5, 0.6) is 0 Å². The molecule has 2 fully saturated rings. The minimum atomic E-state index is -0.146. The van der Waals surface area contributed by atoms with E-state index in [0.717, 1.165) is 11.7 Å². The maximum atomic E-state index is 12.4. The van der Waals surface area contributed by atoms with Crippen molar-refractivity contribution in [2.75, 3.05) is 29.5 Å². The smallest absolute Gasteiger partial charge is 0.255 e. The molecule has 1 heterocycles. The molecular weight excluding hydrogens is 336 g/mol. The molecule has 4 rings (SSSR count). The van der Waals surface area contributed by atoms with Crippen LogP contribution in [0.4, 0.5) is 17.1 Å². The lowest BCUT2D eigenvalue weighted by Gasteiger charge is -2.32. The van der Waals surface area contributed by atoms with E-state index < -0.39 is 0 Å². The van der Waals surface area contributed by atoms with Crippen LogP contribution in [0.25, 0.3) is 0 Å². The summed E-state index contributed by atoms with van der Waals surface area (Å²) < 4.78 is 0. The quantitative estimate of drug-likeness (QED) is 0.694. The number of nitrogens with zero attached hydrogens (tertiary/aromatic N) is 1. The fraction of sp³-hybridized carbons (Fsp3) is 0.409. The monoisotopic (exact) mass is 366 g/mol. The average molecular weight is 367 g/mol. The Balaban J connectivity index is 0.00000210. The summed E-state index contributed by atoms with van der Waals surface area (Å²) in [6.07, 6.45) is 5.14. The summed E-state index contributed by atoms with van der Waals surface area (Å²) in [5, 5.41) is 6.47. The lowest BCUT2D eigenvalue weighted by atomic mass is 10.0. The van der Waals surface area contributed by atoms with Crippen LogP contribution in [0.3, 0.4) is 0 Å². The van der Waals surface area contributed by atoms with Crippen molar-refractivity contribution < 1.29 is 4.79 Å². The van der Waals surface area contributed by atoms with Gasteiger partial charge in [-0.05, 0) is 62.1 Å². The highest BCUT2D eigenvalue weighted by Gasteiger charge is 2.31. The minimum absolute atomic E-state index is 0. The van der Waals surface area contributed by atoms with Gasteiger partial charge in [-0.1, -0.05) is 19.6 Å². The summed E-state index contributed by atoms with van der Waals surface area (Å²) >= 11 is 0. The second-order valence-corrected chi connectivity index (χ2v) is 7.30. The summed E-state index contributed by atoms with van der Waals surface area (Å²) in [6.45, 7) is 2.39. The maximum absolute atomic E-state index is 12.4. The molecule has 1 aliphatic heterocycles. The number of piperidine rings is 1. The number of para-hydroxylation sites is 2. The minimum Gasteiger partial charge on any atom is -0.397 e. The number of nitrogens with two attached hydrogens (primary N) is 1. The number of amides is 1. The summed E-state index contributed by atoms with van der Waals surface area (Å²) in [7, 11) is 0. The average Bonchev–Trinajstić information content (AvgIpc) is 3.50. The number of anilines is 3. The van der Waals surface area contributed by atoms with E-state index >= 15 is 0 Å². The van der Waals surface area contributed by atoms with Crippen molar-refractivity contribution in [3.8, 4) is 0 Å². The molecule has 0 aromatic heterocycles. The van der Waals surface area contributed by atoms with E-state index in [9.17, 15) is 4.79 Å². The van der Waals surface area contributed by atoms with Gasteiger partial charge in [0.25, 0.3) is 5.91 Å². The fourth-order valence-corrected chi connectivity index (χ4v) is 3.61. The first-order valence-corrected chi connectivity index (χ1v) is 9.45. The van der Waals surface area contributed by atoms with Gasteiger partial charge in [0.1, 0.15) is 0 Å². The molecule has 27 heavy (non-hydrogen) atoms. The number of benzene rings is 2. The Bertz CT molecular complexity index is 762. The van der Waals surface area contributed by atoms with Crippen molar-refractivity contribution in [2.24, 2.45) is 0 Å². The highest BCUT2D eigenvalue weighted by Crippen LogP contribution is 2.30. The van der Waals surface area contributed by atoms with Crippen LogP contribution in [0.15, 0.2) is 48.5 Å². The first kappa shape index (κ1) is 19.2. The van der Waals surface area contributed by atoms with E-state index in [4.69, 9.17) is 5.73 Å². The summed E-state index contributed by atoms with van der Waals surface area (Å²) in [5.74, 6) is -0.146. The molecule has 0 bridgehead atoms. The van der Waals surface area contributed by atoms with Crippen molar-refractivity contribution in [1.29, 1.82) is 0 Å². The van der Waals surface area contributed by atoms with Crippen LogP contribution in [0.1, 0.15) is 43.5 Å². The van der Waals surface area contributed by atoms with Gasteiger partial charge >= 0.3 is 0 Å². The van der Waals surface area contributed by atoms with Gasteiger partial charge in [0, 0.05) is 36.4 Å². The standard InChI is InChI=1S/C21H26N4O.CH4/c22-19-3-1-2-4-20(19)24-21(26)15-5-7-16(8-6-15)23-17-11-13-25(14-12-17)18-9-10-18;/h1-8,17-18,23H,9-14,22H2,(H,24,26);1H4. The third-order valence-electron chi connectivity index (χ3n) is 5.32. The van der Waals surface area contributed by atoms with Crippen LogP contribution in [0.2, 0.25) is 0 Å². The second-order valence-electron chi connectivity index (χ2n) is 7.30. The van der Waals surface area contributed by atoms with Crippen molar-refractivity contribution in [3.05, 3.63) is 54.1 Å². The first-order chi connectivity index (χ1) is 12.7. The zero-order valence-electron chi connectivity index (χ0n) is 14.9. The lowest BCUT2D eigenvalue weighted by Crippen LogP contribution is -2.40. The third-order valence-corrected chi connectivity index (χ3v) is 5.32. The molecular formula is C22H30N4O. The van der Waals surface area contributed by atoms with E-state index in [2.05, 4.69) is 15.5 Å². The van der Waals surface area contributed by atoms with Crippen molar-refractivity contribution in [1.82, 2.24) is 4.90 Å². The van der Waals surface area contributed by atoms with Gasteiger partial charge in [-0.2, -0.15) is 0 Å². The fourth-order valence-electron chi connectivity index (χ4n) is 3.61. The first-order valence-electron chi connectivity index (χ1n) is 9.45. The molecule has 2 aromatic rings. The highest BCUT2D eigenvalue weighted by atomic mass is 16.1. The number of hydrogen-bond acceptors (Lipinski definition) is 4. The largest absolute Gasteiger partial charge is 0.397 e. The van der Waals surface area contributed by atoms with E-state index in [-0.39, 0.29) is 13.3 Å². The van der Waals surface area contributed by atoms with Crippen LogP contribution < -0.4 is 16.4 Å². The van der Waals surface area contributed by atoms with Gasteiger partial charge in [0.15, 0.2) is 0 Å². The Morgan fingerprint density at radius 3 is 2.26 bits per heavy atom. The number of nitrogen functional groups attached to an aromatic ring is 1. The van der Waals surface area contributed by atoms with E-state index in [1.54, 1.807) is 12.1 Å². The summed E-state index contributed by atoms with van der Waals surface area (Å²) in [6, 6.07) is 16.4. The number of carbonyl (C=O) groups excluding carboxylic acids is 1.